The monoisotopic (exact) mass is 344 g/mol. The molecule has 1 atom stereocenters. The van der Waals surface area contributed by atoms with Crippen LogP contribution in [0.2, 0.25) is 0 Å². The standard InChI is InChI=1S/C17H16N2O4S/c1-11-6-5-7-13(10-11)18-16(20)12(2)19-17(21)14-8-3-4-9-15(14)24(19,22)23/h3-10,12H,1-2H3,(H,18,20)/t12-/m0/s1. The lowest BCUT2D eigenvalue weighted by Gasteiger charge is -2.22. The fourth-order valence-corrected chi connectivity index (χ4v) is 4.39. The van der Waals surface area contributed by atoms with E-state index in [-0.39, 0.29) is 10.5 Å². The van der Waals surface area contributed by atoms with Gasteiger partial charge in [0.1, 0.15) is 10.9 Å². The first kappa shape index (κ1) is 16.2. The molecule has 0 bridgehead atoms. The number of amides is 2. The molecule has 0 spiro atoms. The largest absolute Gasteiger partial charge is 0.324 e. The van der Waals surface area contributed by atoms with Crippen molar-refractivity contribution in [2.24, 2.45) is 0 Å². The van der Waals surface area contributed by atoms with Crippen molar-refractivity contribution in [1.82, 2.24) is 4.31 Å². The molecule has 0 unspecified atom stereocenters. The van der Waals surface area contributed by atoms with Gasteiger partial charge in [-0.05, 0) is 43.7 Å². The van der Waals surface area contributed by atoms with Gasteiger partial charge in [-0.1, -0.05) is 24.3 Å². The van der Waals surface area contributed by atoms with Gasteiger partial charge >= 0.3 is 0 Å². The number of rotatable bonds is 3. The van der Waals surface area contributed by atoms with Gasteiger partial charge in [0.2, 0.25) is 5.91 Å². The van der Waals surface area contributed by atoms with Crippen LogP contribution in [0.3, 0.4) is 0 Å². The number of aryl methyl sites for hydroxylation is 1. The Kier molecular flexibility index (Phi) is 3.88. The molecule has 0 saturated carbocycles. The average Bonchev–Trinajstić information content (AvgIpc) is 2.74. The number of nitrogens with one attached hydrogen (secondary N) is 1. The molecule has 0 radical (unpaired) electrons. The Morgan fingerprint density at radius 1 is 1.12 bits per heavy atom. The number of carbonyl (C=O) groups is 2. The lowest BCUT2D eigenvalue weighted by atomic mass is 10.2. The van der Waals surface area contributed by atoms with E-state index in [0.29, 0.717) is 9.99 Å². The van der Waals surface area contributed by atoms with Crippen molar-refractivity contribution in [3.63, 3.8) is 0 Å². The normalized spacial score (nSPS) is 16.6. The topological polar surface area (TPSA) is 83.6 Å². The van der Waals surface area contributed by atoms with Gasteiger partial charge in [0.05, 0.1) is 5.56 Å². The van der Waals surface area contributed by atoms with Crippen molar-refractivity contribution in [3.8, 4) is 0 Å². The molecule has 1 aliphatic rings. The van der Waals surface area contributed by atoms with Crippen molar-refractivity contribution in [1.29, 1.82) is 0 Å². The molecule has 2 amide bonds. The predicted octanol–water partition coefficient (Wildman–Crippen LogP) is 2.17. The summed E-state index contributed by atoms with van der Waals surface area (Å²) in [6.45, 7) is 3.27. The lowest BCUT2D eigenvalue weighted by Crippen LogP contribution is -2.45. The maximum Gasteiger partial charge on any atom is 0.269 e. The van der Waals surface area contributed by atoms with Crippen LogP contribution in [0.25, 0.3) is 0 Å². The zero-order valence-electron chi connectivity index (χ0n) is 13.2. The SMILES string of the molecule is Cc1cccc(NC(=O)[C@H](C)N2C(=O)c3ccccc3S2(=O)=O)c1. The first-order chi connectivity index (χ1) is 11.3. The Morgan fingerprint density at radius 2 is 1.83 bits per heavy atom. The summed E-state index contributed by atoms with van der Waals surface area (Å²) in [5.41, 5.74) is 1.60. The molecule has 6 nitrogen and oxygen atoms in total. The zero-order chi connectivity index (χ0) is 17.5. The van der Waals surface area contributed by atoms with Gasteiger partial charge in [-0.3, -0.25) is 9.59 Å². The van der Waals surface area contributed by atoms with E-state index in [1.807, 2.05) is 13.0 Å². The second kappa shape index (κ2) is 5.76. The van der Waals surface area contributed by atoms with Crippen LogP contribution in [0.5, 0.6) is 0 Å². The van der Waals surface area contributed by atoms with Crippen molar-refractivity contribution >= 4 is 27.5 Å². The van der Waals surface area contributed by atoms with Gasteiger partial charge in [-0.15, -0.1) is 0 Å². The van der Waals surface area contributed by atoms with Crippen LogP contribution in [0.1, 0.15) is 22.8 Å². The summed E-state index contributed by atoms with van der Waals surface area (Å²) in [6.07, 6.45) is 0. The molecule has 1 heterocycles. The summed E-state index contributed by atoms with van der Waals surface area (Å²) in [5.74, 6) is -1.25. The van der Waals surface area contributed by atoms with E-state index in [1.165, 1.54) is 19.1 Å². The van der Waals surface area contributed by atoms with Crippen LogP contribution in [-0.4, -0.2) is 30.6 Å². The number of anilines is 1. The number of nitrogens with zero attached hydrogens (tertiary/aromatic N) is 1. The highest BCUT2D eigenvalue weighted by molar-refractivity contribution is 7.90. The van der Waals surface area contributed by atoms with Crippen LogP contribution in [0.4, 0.5) is 5.69 Å². The Balaban J connectivity index is 1.89. The van der Waals surface area contributed by atoms with Crippen LogP contribution >= 0.6 is 0 Å². The molecule has 0 fully saturated rings. The van der Waals surface area contributed by atoms with Crippen LogP contribution in [-0.2, 0) is 14.8 Å². The third-order valence-electron chi connectivity index (χ3n) is 3.87. The summed E-state index contributed by atoms with van der Waals surface area (Å²) in [4.78, 5) is 24.8. The molecule has 24 heavy (non-hydrogen) atoms. The molecule has 7 heteroatoms. The quantitative estimate of drug-likeness (QED) is 0.925. The van der Waals surface area contributed by atoms with Crippen molar-refractivity contribution in [2.45, 2.75) is 24.8 Å². The Morgan fingerprint density at radius 3 is 2.50 bits per heavy atom. The van der Waals surface area contributed by atoms with Crippen LogP contribution in [0, 0.1) is 6.92 Å². The summed E-state index contributed by atoms with van der Waals surface area (Å²) in [7, 11) is -4.02. The second-order valence-corrected chi connectivity index (χ2v) is 7.42. The van der Waals surface area contributed by atoms with Crippen molar-refractivity contribution in [3.05, 3.63) is 59.7 Å². The lowest BCUT2D eigenvalue weighted by molar-refractivity contribution is -0.118. The smallest absolute Gasteiger partial charge is 0.269 e. The number of carbonyl (C=O) groups excluding carboxylic acids is 2. The van der Waals surface area contributed by atoms with Crippen molar-refractivity contribution in [2.75, 3.05) is 5.32 Å². The van der Waals surface area contributed by atoms with Crippen LogP contribution < -0.4 is 5.32 Å². The minimum Gasteiger partial charge on any atom is -0.324 e. The van der Waals surface area contributed by atoms with Gasteiger partial charge in [0, 0.05) is 5.69 Å². The first-order valence-electron chi connectivity index (χ1n) is 7.37. The van der Waals surface area contributed by atoms with Crippen LogP contribution in [0.15, 0.2) is 53.4 Å². The zero-order valence-corrected chi connectivity index (χ0v) is 14.0. The molecule has 124 valence electrons. The Labute approximate surface area is 140 Å². The van der Waals surface area contributed by atoms with E-state index in [9.17, 15) is 18.0 Å². The number of sulfonamides is 1. The predicted molar refractivity (Wildman–Crippen MR) is 89.1 cm³/mol. The molecular formula is C17H16N2O4S. The van der Waals surface area contributed by atoms with Gasteiger partial charge in [-0.25, -0.2) is 12.7 Å². The van der Waals surface area contributed by atoms with Gasteiger partial charge < -0.3 is 5.32 Å². The summed E-state index contributed by atoms with van der Waals surface area (Å²) >= 11 is 0. The minimum atomic E-state index is -4.02. The first-order valence-corrected chi connectivity index (χ1v) is 8.81. The van der Waals surface area contributed by atoms with E-state index in [4.69, 9.17) is 0 Å². The molecular weight excluding hydrogens is 328 g/mol. The fourth-order valence-electron chi connectivity index (χ4n) is 2.66. The minimum absolute atomic E-state index is 0.0646. The highest BCUT2D eigenvalue weighted by Crippen LogP contribution is 2.31. The van der Waals surface area contributed by atoms with E-state index in [1.54, 1.807) is 30.3 Å². The maximum absolute atomic E-state index is 12.6. The van der Waals surface area contributed by atoms with E-state index in [2.05, 4.69) is 5.32 Å². The number of hydrogen-bond donors (Lipinski definition) is 1. The van der Waals surface area contributed by atoms with Gasteiger partial charge in [0.25, 0.3) is 15.9 Å². The summed E-state index contributed by atoms with van der Waals surface area (Å²) < 4.78 is 25.8. The number of hydrogen-bond acceptors (Lipinski definition) is 4. The molecule has 1 N–H and O–H groups in total. The Hall–Kier alpha value is -2.67. The third-order valence-corrected chi connectivity index (χ3v) is 5.78. The van der Waals surface area contributed by atoms with Gasteiger partial charge in [-0.2, -0.15) is 0 Å². The second-order valence-electron chi connectivity index (χ2n) is 5.64. The van der Waals surface area contributed by atoms with Crippen molar-refractivity contribution < 1.29 is 18.0 Å². The third kappa shape index (κ3) is 2.56. The number of fused-ring (bicyclic) bond motifs is 1. The van der Waals surface area contributed by atoms with E-state index >= 15 is 0 Å². The summed E-state index contributed by atoms with van der Waals surface area (Å²) in [6, 6.07) is 11.9. The summed E-state index contributed by atoms with van der Waals surface area (Å²) in [5, 5.41) is 2.65. The highest BCUT2D eigenvalue weighted by Gasteiger charge is 2.45. The molecule has 0 saturated heterocycles. The molecule has 1 aliphatic heterocycles. The highest BCUT2D eigenvalue weighted by atomic mass is 32.2. The van der Waals surface area contributed by atoms with E-state index in [0.717, 1.165) is 5.56 Å². The molecule has 0 aromatic heterocycles. The fraction of sp³-hybridized carbons (Fsp3) is 0.176. The van der Waals surface area contributed by atoms with Gasteiger partial charge in [0.15, 0.2) is 0 Å². The average molecular weight is 344 g/mol. The number of benzene rings is 2. The molecule has 2 aromatic rings. The maximum atomic E-state index is 12.6. The molecule has 2 aromatic carbocycles. The Bertz CT molecular complexity index is 937. The molecule has 3 rings (SSSR count). The van der Waals surface area contributed by atoms with E-state index < -0.39 is 27.9 Å². The molecule has 0 aliphatic carbocycles.